The van der Waals surface area contributed by atoms with Crippen LogP contribution in [0.5, 0.6) is 11.5 Å². The van der Waals surface area contributed by atoms with Crippen LogP contribution in [0.2, 0.25) is 0 Å². The highest BCUT2D eigenvalue weighted by Gasteiger charge is 2.06. The van der Waals surface area contributed by atoms with Crippen LogP contribution in [0.4, 0.5) is 0 Å². The number of ether oxygens (including phenoxy) is 3. The molecule has 0 unspecified atom stereocenters. The first-order valence-corrected chi connectivity index (χ1v) is 7.29. The smallest absolute Gasteiger partial charge is 0.161 e. The second kappa shape index (κ2) is 9.61. The van der Waals surface area contributed by atoms with Crippen molar-refractivity contribution in [2.24, 2.45) is 0 Å². The standard InChI is InChI=1S/C16H27NO3/c1-5-8-17-12-14-6-7-15(16(11-14)18-4)20-10-9-19-13(2)3/h6-7,11,13,17H,5,8-10,12H2,1-4H3. The zero-order valence-corrected chi connectivity index (χ0v) is 13.1. The average Bonchev–Trinajstić information content (AvgIpc) is 2.44. The minimum absolute atomic E-state index is 0.229. The van der Waals surface area contributed by atoms with E-state index in [0.29, 0.717) is 13.2 Å². The summed E-state index contributed by atoms with van der Waals surface area (Å²) < 4.78 is 16.5. The van der Waals surface area contributed by atoms with E-state index in [1.165, 1.54) is 5.56 Å². The molecule has 4 nitrogen and oxygen atoms in total. The van der Waals surface area contributed by atoms with Gasteiger partial charge in [-0.25, -0.2) is 0 Å². The van der Waals surface area contributed by atoms with Crippen LogP contribution < -0.4 is 14.8 Å². The van der Waals surface area contributed by atoms with Crippen molar-refractivity contribution < 1.29 is 14.2 Å². The van der Waals surface area contributed by atoms with Crippen LogP contribution in [0.3, 0.4) is 0 Å². The molecule has 0 heterocycles. The molecular formula is C16H27NO3. The highest BCUT2D eigenvalue weighted by molar-refractivity contribution is 5.42. The van der Waals surface area contributed by atoms with Crippen molar-refractivity contribution in [1.29, 1.82) is 0 Å². The number of rotatable bonds is 10. The lowest BCUT2D eigenvalue weighted by Gasteiger charge is -2.13. The van der Waals surface area contributed by atoms with Crippen LogP contribution >= 0.6 is 0 Å². The second-order valence-corrected chi connectivity index (χ2v) is 4.93. The highest BCUT2D eigenvalue weighted by Crippen LogP contribution is 2.28. The van der Waals surface area contributed by atoms with Gasteiger partial charge in [0.25, 0.3) is 0 Å². The Balaban J connectivity index is 2.50. The first kappa shape index (κ1) is 16.8. The quantitative estimate of drug-likeness (QED) is 0.669. The van der Waals surface area contributed by atoms with Crippen LogP contribution in [0, 0.1) is 0 Å². The molecule has 0 fully saturated rings. The highest BCUT2D eigenvalue weighted by atomic mass is 16.5. The molecule has 0 aliphatic heterocycles. The van der Waals surface area contributed by atoms with Crippen molar-refractivity contribution in [3.05, 3.63) is 23.8 Å². The number of hydrogen-bond acceptors (Lipinski definition) is 4. The summed E-state index contributed by atoms with van der Waals surface area (Å²) in [7, 11) is 1.66. The van der Waals surface area contributed by atoms with E-state index in [1.54, 1.807) is 7.11 Å². The van der Waals surface area contributed by atoms with E-state index in [2.05, 4.69) is 18.3 Å². The van der Waals surface area contributed by atoms with E-state index in [0.717, 1.165) is 31.0 Å². The third-order valence-corrected chi connectivity index (χ3v) is 2.78. The molecule has 1 aromatic rings. The van der Waals surface area contributed by atoms with Gasteiger partial charge in [0.2, 0.25) is 0 Å². The van der Waals surface area contributed by atoms with Gasteiger partial charge in [-0.15, -0.1) is 0 Å². The van der Waals surface area contributed by atoms with E-state index in [-0.39, 0.29) is 6.10 Å². The molecule has 0 aliphatic rings. The second-order valence-electron chi connectivity index (χ2n) is 4.93. The maximum atomic E-state index is 5.69. The molecule has 0 aliphatic carbocycles. The minimum Gasteiger partial charge on any atom is -0.493 e. The van der Waals surface area contributed by atoms with Gasteiger partial charge in [-0.1, -0.05) is 13.0 Å². The number of methoxy groups -OCH3 is 1. The molecule has 0 saturated heterocycles. The maximum Gasteiger partial charge on any atom is 0.161 e. The van der Waals surface area contributed by atoms with Crippen molar-refractivity contribution in [1.82, 2.24) is 5.32 Å². The summed E-state index contributed by atoms with van der Waals surface area (Å²) in [6.45, 7) is 9.16. The van der Waals surface area contributed by atoms with Gasteiger partial charge in [-0.2, -0.15) is 0 Å². The molecule has 114 valence electrons. The van der Waals surface area contributed by atoms with E-state index >= 15 is 0 Å². The Morgan fingerprint density at radius 1 is 1.15 bits per heavy atom. The molecule has 0 amide bonds. The van der Waals surface area contributed by atoms with Gasteiger partial charge >= 0.3 is 0 Å². The van der Waals surface area contributed by atoms with E-state index in [1.807, 2.05) is 26.0 Å². The Hall–Kier alpha value is -1.26. The zero-order valence-electron chi connectivity index (χ0n) is 13.1. The fraction of sp³-hybridized carbons (Fsp3) is 0.625. The Kier molecular flexibility index (Phi) is 8.07. The lowest BCUT2D eigenvalue weighted by atomic mass is 10.2. The molecule has 1 N–H and O–H groups in total. The van der Waals surface area contributed by atoms with Crippen LogP contribution in [0.15, 0.2) is 18.2 Å². The largest absolute Gasteiger partial charge is 0.493 e. The predicted octanol–water partition coefficient (Wildman–Crippen LogP) is 3.00. The van der Waals surface area contributed by atoms with Crippen molar-refractivity contribution in [2.75, 3.05) is 26.9 Å². The SMILES string of the molecule is CCCNCc1ccc(OCCOC(C)C)c(OC)c1. The molecule has 0 saturated carbocycles. The van der Waals surface area contributed by atoms with Gasteiger partial charge < -0.3 is 19.5 Å². The Morgan fingerprint density at radius 2 is 1.95 bits per heavy atom. The van der Waals surface area contributed by atoms with Gasteiger partial charge in [0.1, 0.15) is 6.61 Å². The van der Waals surface area contributed by atoms with Crippen molar-refractivity contribution in [3.8, 4) is 11.5 Å². The van der Waals surface area contributed by atoms with Gasteiger partial charge in [0.15, 0.2) is 11.5 Å². The molecule has 1 rings (SSSR count). The number of nitrogens with one attached hydrogen (secondary N) is 1. The van der Waals surface area contributed by atoms with E-state index < -0.39 is 0 Å². The van der Waals surface area contributed by atoms with E-state index in [4.69, 9.17) is 14.2 Å². The fourth-order valence-electron chi connectivity index (χ4n) is 1.79. The van der Waals surface area contributed by atoms with Gasteiger partial charge in [0.05, 0.1) is 19.8 Å². The molecule has 1 aromatic carbocycles. The van der Waals surface area contributed by atoms with Crippen molar-refractivity contribution >= 4 is 0 Å². The Morgan fingerprint density at radius 3 is 2.60 bits per heavy atom. The summed E-state index contributed by atoms with van der Waals surface area (Å²) in [6.07, 6.45) is 1.36. The summed E-state index contributed by atoms with van der Waals surface area (Å²) in [5, 5.41) is 3.37. The van der Waals surface area contributed by atoms with Crippen LogP contribution in [-0.4, -0.2) is 33.0 Å². The first-order valence-electron chi connectivity index (χ1n) is 7.29. The average molecular weight is 281 g/mol. The molecule has 4 heteroatoms. The molecule has 0 aromatic heterocycles. The van der Waals surface area contributed by atoms with Crippen LogP contribution in [0.1, 0.15) is 32.8 Å². The van der Waals surface area contributed by atoms with Gasteiger partial charge in [-0.05, 0) is 44.5 Å². The molecular weight excluding hydrogens is 254 g/mol. The third-order valence-electron chi connectivity index (χ3n) is 2.78. The van der Waals surface area contributed by atoms with E-state index in [9.17, 15) is 0 Å². The van der Waals surface area contributed by atoms with Crippen molar-refractivity contribution in [3.63, 3.8) is 0 Å². The monoisotopic (exact) mass is 281 g/mol. The Bertz CT molecular complexity index is 380. The summed E-state index contributed by atoms with van der Waals surface area (Å²) >= 11 is 0. The van der Waals surface area contributed by atoms with Crippen LogP contribution in [0.25, 0.3) is 0 Å². The van der Waals surface area contributed by atoms with Crippen molar-refractivity contribution in [2.45, 2.75) is 39.8 Å². The normalized spacial score (nSPS) is 10.8. The fourth-order valence-corrected chi connectivity index (χ4v) is 1.79. The molecule has 0 bridgehead atoms. The van der Waals surface area contributed by atoms with Gasteiger partial charge in [-0.3, -0.25) is 0 Å². The molecule has 0 atom stereocenters. The third kappa shape index (κ3) is 6.26. The maximum absolute atomic E-state index is 5.69. The van der Waals surface area contributed by atoms with Crippen LogP contribution in [-0.2, 0) is 11.3 Å². The minimum atomic E-state index is 0.229. The number of benzene rings is 1. The summed E-state index contributed by atoms with van der Waals surface area (Å²) in [5.74, 6) is 1.53. The topological polar surface area (TPSA) is 39.7 Å². The zero-order chi connectivity index (χ0) is 14.8. The number of hydrogen-bond donors (Lipinski definition) is 1. The summed E-state index contributed by atoms with van der Waals surface area (Å²) in [4.78, 5) is 0. The summed E-state index contributed by atoms with van der Waals surface area (Å²) in [6, 6.07) is 6.03. The summed E-state index contributed by atoms with van der Waals surface area (Å²) in [5.41, 5.74) is 1.20. The molecule has 0 spiro atoms. The lowest BCUT2D eigenvalue weighted by molar-refractivity contribution is 0.0547. The van der Waals surface area contributed by atoms with Gasteiger partial charge in [0, 0.05) is 6.54 Å². The predicted molar refractivity (Wildman–Crippen MR) is 81.6 cm³/mol. The first-order chi connectivity index (χ1) is 9.67. The molecule has 0 radical (unpaired) electrons. The Labute approximate surface area is 122 Å². The molecule has 20 heavy (non-hydrogen) atoms. The lowest BCUT2D eigenvalue weighted by Crippen LogP contribution is -2.14.